The zero-order valence-corrected chi connectivity index (χ0v) is 19.3. The lowest BCUT2D eigenvalue weighted by molar-refractivity contribution is 0.0662. The lowest BCUT2D eigenvalue weighted by atomic mass is 10.1. The second-order valence-corrected chi connectivity index (χ2v) is 8.80. The summed E-state index contributed by atoms with van der Waals surface area (Å²) < 4.78 is 13.7. The van der Waals surface area contributed by atoms with Crippen LogP contribution in [0.4, 0.5) is 0 Å². The molecule has 7 nitrogen and oxygen atoms in total. The topological polar surface area (TPSA) is 77.9 Å². The molecule has 9 heteroatoms. The molecule has 1 aromatic carbocycles. The molecule has 1 aliphatic heterocycles. The van der Waals surface area contributed by atoms with Gasteiger partial charge in [0.2, 0.25) is 0 Å². The van der Waals surface area contributed by atoms with Crippen LogP contribution in [0.1, 0.15) is 43.2 Å². The largest absolute Gasteiger partial charge is 0.486 e. The Hall–Kier alpha value is -2.61. The lowest BCUT2D eigenvalue weighted by Gasteiger charge is -2.22. The minimum atomic E-state index is -0.347. The van der Waals surface area contributed by atoms with Gasteiger partial charge in [-0.3, -0.25) is 14.8 Å². The zero-order valence-electron chi connectivity index (χ0n) is 17.8. The molecule has 0 spiro atoms. The predicted molar refractivity (Wildman–Crippen MR) is 124 cm³/mol. The monoisotopic (exact) mass is 471 g/mol. The average Bonchev–Trinajstić information content (AvgIpc) is 3.44. The normalized spacial score (nSPS) is 15.9. The van der Waals surface area contributed by atoms with Gasteiger partial charge >= 0.3 is 0 Å². The number of nitrogens with zero attached hydrogens (tertiary/aromatic N) is 4. The Morgan fingerprint density at radius 2 is 2.03 bits per heavy atom. The summed E-state index contributed by atoms with van der Waals surface area (Å²) >= 11 is 12.8. The quantitative estimate of drug-likeness (QED) is 0.390. The van der Waals surface area contributed by atoms with Crippen LogP contribution in [-0.4, -0.2) is 38.2 Å². The van der Waals surface area contributed by atoms with Gasteiger partial charge in [-0.2, -0.15) is 10.2 Å². The highest BCUT2D eigenvalue weighted by atomic mass is 35.5. The third-order valence-corrected chi connectivity index (χ3v) is 6.65. The van der Waals surface area contributed by atoms with Crippen LogP contribution in [0, 0.1) is 6.92 Å². The molecule has 1 saturated heterocycles. The van der Waals surface area contributed by atoms with Gasteiger partial charge in [-0.15, -0.1) is 0 Å². The molecule has 1 atom stereocenters. The molecule has 1 fully saturated rings. The number of benzene rings is 1. The van der Waals surface area contributed by atoms with Crippen molar-refractivity contribution in [3.05, 3.63) is 58.1 Å². The van der Waals surface area contributed by atoms with E-state index in [4.69, 9.17) is 32.7 Å². The van der Waals surface area contributed by atoms with Crippen LogP contribution in [0.15, 0.2) is 36.8 Å². The van der Waals surface area contributed by atoms with E-state index in [-0.39, 0.29) is 6.10 Å². The Labute approximate surface area is 195 Å². The molecule has 3 aromatic heterocycles. The van der Waals surface area contributed by atoms with Crippen molar-refractivity contribution in [1.29, 1.82) is 0 Å². The standard InChI is InChI=1S/C23H23Cl2N5O2/c1-13-22(25)21(19(24)11-26-13)14(2)32-17-3-4-20-18(9-17)23(29-28-20)15-10-27-30(12-15)16-5-7-31-8-6-16/h3-4,9-12,14,16H,5-8H2,1-2H3,(H,28,29)/t14-/m1/s1. The molecule has 32 heavy (non-hydrogen) atoms. The molecular formula is C23H23Cl2N5O2. The SMILES string of the molecule is Cc1ncc(Cl)c([C@@H](C)Oc2ccc3[nH]nc(-c4cnn(C5CCOCC5)c4)c3c2)c1Cl. The first-order chi connectivity index (χ1) is 15.5. The van der Waals surface area contributed by atoms with Crippen molar-refractivity contribution in [2.24, 2.45) is 0 Å². The smallest absolute Gasteiger partial charge is 0.124 e. The molecule has 166 valence electrons. The van der Waals surface area contributed by atoms with Crippen molar-refractivity contribution in [3.8, 4) is 17.0 Å². The summed E-state index contributed by atoms with van der Waals surface area (Å²) in [5.74, 6) is 0.700. The van der Waals surface area contributed by atoms with E-state index < -0.39 is 0 Å². The van der Waals surface area contributed by atoms with E-state index >= 15 is 0 Å². The van der Waals surface area contributed by atoms with Crippen molar-refractivity contribution in [2.45, 2.75) is 38.8 Å². The average molecular weight is 472 g/mol. The van der Waals surface area contributed by atoms with Gasteiger partial charge in [0.25, 0.3) is 0 Å². The summed E-state index contributed by atoms with van der Waals surface area (Å²) in [5, 5.41) is 14.2. The zero-order chi connectivity index (χ0) is 22.2. The molecule has 4 aromatic rings. The highest BCUT2D eigenvalue weighted by molar-refractivity contribution is 6.36. The number of ether oxygens (including phenoxy) is 2. The number of rotatable bonds is 5. The first-order valence-electron chi connectivity index (χ1n) is 10.6. The summed E-state index contributed by atoms with van der Waals surface area (Å²) in [6.07, 6.45) is 7.11. The van der Waals surface area contributed by atoms with Crippen molar-refractivity contribution in [3.63, 3.8) is 0 Å². The Morgan fingerprint density at radius 3 is 2.84 bits per heavy atom. The highest BCUT2D eigenvalue weighted by Crippen LogP contribution is 2.36. The predicted octanol–water partition coefficient (Wildman–Crippen LogP) is 5.93. The van der Waals surface area contributed by atoms with E-state index in [1.807, 2.05) is 42.9 Å². The van der Waals surface area contributed by atoms with Crippen LogP contribution in [0.5, 0.6) is 5.75 Å². The summed E-state index contributed by atoms with van der Waals surface area (Å²) in [5.41, 5.74) is 4.17. The molecular weight excluding hydrogens is 449 g/mol. The number of aromatic nitrogens is 5. The first-order valence-corrected chi connectivity index (χ1v) is 11.3. The molecule has 0 radical (unpaired) electrons. The minimum Gasteiger partial charge on any atom is -0.486 e. The third-order valence-electron chi connectivity index (χ3n) is 5.88. The van der Waals surface area contributed by atoms with E-state index in [1.54, 1.807) is 6.20 Å². The fraction of sp³-hybridized carbons (Fsp3) is 0.348. The molecule has 5 rings (SSSR count). The summed E-state index contributed by atoms with van der Waals surface area (Å²) in [7, 11) is 0. The number of pyridine rings is 1. The molecule has 0 amide bonds. The van der Waals surface area contributed by atoms with Gasteiger partial charge in [0.1, 0.15) is 17.5 Å². The molecule has 1 aliphatic rings. The van der Waals surface area contributed by atoms with Crippen molar-refractivity contribution >= 4 is 34.1 Å². The molecule has 4 heterocycles. The number of halogens is 2. The minimum absolute atomic E-state index is 0.347. The van der Waals surface area contributed by atoms with E-state index in [9.17, 15) is 0 Å². The van der Waals surface area contributed by atoms with Crippen LogP contribution in [-0.2, 0) is 4.74 Å². The number of hydrogen-bond donors (Lipinski definition) is 1. The maximum Gasteiger partial charge on any atom is 0.124 e. The van der Waals surface area contributed by atoms with Crippen molar-refractivity contribution < 1.29 is 9.47 Å². The van der Waals surface area contributed by atoms with E-state index in [2.05, 4.69) is 26.5 Å². The van der Waals surface area contributed by atoms with Crippen LogP contribution in [0.3, 0.4) is 0 Å². The summed E-state index contributed by atoms with van der Waals surface area (Å²) in [6, 6.07) is 6.20. The lowest BCUT2D eigenvalue weighted by Crippen LogP contribution is -2.19. The van der Waals surface area contributed by atoms with Gasteiger partial charge in [-0.25, -0.2) is 0 Å². The molecule has 0 unspecified atom stereocenters. The number of hydrogen-bond acceptors (Lipinski definition) is 5. The van der Waals surface area contributed by atoms with Crippen LogP contribution in [0.2, 0.25) is 10.0 Å². The Bertz CT molecular complexity index is 1260. The second kappa shape index (κ2) is 8.73. The van der Waals surface area contributed by atoms with Crippen LogP contribution >= 0.6 is 23.2 Å². The molecule has 1 N–H and O–H groups in total. The number of fused-ring (bicyclic) bond motifs is 1. The maximum absolute atomic E-state index is 6.45. The van der Waals surface area contributed by atoms with E-state index in [0.717, 1.165) is 59.5 Å². The van der Waals surface area contributed by atoms with Crippen LogP contribution < -0.4 is 4.74 Å². The van der Waals surface area contributed by atoms with Gasteiger partial charge in [0.15, 0.2) is 0 Å². The van der Waals surface area contributed by atoms with E-state index in [1.165, 1.54) is 0 Å². The van der Waals surface area contributed by atoms with Crippen molar-refractivity contribution in [1.82, 2.24) is 25.0 Å². The first kappa shape index (κ1) is 21.2. The maximum atomic E-state index is 6.45. The Balaban J connectivity index is 1.43. The van der Waals surface area contributed by atoms with E-state index in [0.29, 0.717) is 21.8 Å². The number of aromatic amines is 1. The fourth-order valence-corrected chi connectivity index (χ4v) is 4.76. The fourth-order valence-electron chi connectivity index (χ4n) is 4.11. The number of H-pyrrole nitrogens is 1. The Morgan fingerprint density at radius 1 is 1.22 bits per heavy atom. The molecule has 0 bridgehead atoms. The van der Waals surface area contributed by atoms with Gasteiger partial charge in [-0.1, -0.05) is 23.2 Å². The third kappa shape index (κ3) is 3.96. The molecule has 0 saturated carbocycles. The number of nitrogens with one attached hydrogen (secondary N) is 1. The van der Waals surface area contributed by atoms with Gasteiger partial charge in [0, 0.05) is 42.1 Å². The van der Waals surface area contributed by atoms with Crippen molar-refractivity contribution in [2.75, 3.05) is 13.2 Å². The van der Waals surface area contributed by atoms with Crippen LogP contribution in [0.25, 0.3) is 22.2 Å². The van der Waals surface area contributed by atoms with Gasteiger partial charge in [0.05, 0.1) is 33.5 Å². The highest BCUT2D eigenvalue weighted by Gasteiger charge is 2.20. The second-order valence-electron chi connectivity index (χ2n) is 8.01. The summed E-state index contributed by atoms with van der Waals surface area (Å²) in [4.78, 5) is 4.20. The molecule has 0 aliphatic carbocycles. The summed E-state index contributed by atoms with van der Waals surface area (Å²) in [6.45, 7) is 5.31. The Kier molecular flexibility index (Phi) is 5.80. The van der Waals surface area contributed by atoms with Gasteiger partial charge < -0.3 is 9.47 Å². The van der Waals surface area contributed by atoms with Gasteiger partial charge in [-0.05, 0) is 44.9 Å². The number of aryl methyl sites for hydroxylation is 1.